The lowest BCUT2D eigenvalue weighted by atomic mass is 10.1. The van der Waals surface area contributed by atoms with Crippen molar-refractivity contribution >= 4 is 33.2 Å². The maximum atomic E-state index is 11.9. The summed E-state index contributed by atoms with van der Waals surface area (Å²) in [5, 5.41) is 2.76. The van der Waals surface area contributed by atoms with E-state index in [1.807, 2.05) is 13.0 Å². The quantitative estimate of drug-likeness (QED) is 0.844. The highest BCUT2D eigenvalue weighted by Crippen LogP contribution is 2.31. The van der Waals surface area contributed by atoms with Crippen LogP contribution in [0.3, 0.4) is 0 Å². The van der Waals surface area contributed by atoms with Crippen LogP contribution in [0.5, 0.6) is 0 Å². The van der Waals surface area contributed by atoms with Crippen molar-refractivity contribution in [3.8, 4) is 0 Å². The molecule has 94 valence electrons. The first-order chi connectivity index (χ1) is 7.77. The van der Waals surface area contributed by atoms with Gasteiger partial charge >= 0.3 is 0 Å². The molecule has 0 saturated heterocycles. The predicted octanol–water partition coefficient (Wildman–Crippen LogP) is 2.70. The van der Waals surface area contributed by atoms with Crippen LogP contribution in [0, 0.1) is 6.92 Å². The Morgan fingerprint density at radius 3 is 2.53 bits per heavy atom. The summed E-state index contributed by atoms with van der Waals surface area (Å²) in [7, 11) is 1.49. The summed E-state index contributed by atoms with van der Waals surface area (Å²) < 4.78 is 5.87. The summed E-state index contributed by atoms with van der Waals surface area (Å²) in [6.45, 7) is 5.33. The Labute approximate surface area is 110 Å². The fourth-order valence-corrected chi connectivity index (χ4v) is 1.95. The van der Waals surface area contributed by atoms with Gasteiger partial charge in [-0.15, -0.1) is 0 Å². The highest BCUT2D eigenvalue weighted by molar-refractivity contribution is 9.10. The minimum absolute atomic E-state index is 0.240. The molecule has 0 unspecified atom stereocenters. The van der Waals surface area contributed by atoms with Crippen LogP contribution in [0.25, 0.3) is 0 Å². The van der Waals surface area contributed by atoms with Crippen molar-refractivity contribution in [3.05, 3.63) is 22.2 Å². The van der Waals surface area contributed by atoms with E-state index in [2.05, 4.69) is 21.2 Å². The summed E-state index contributed by atoms with van der Waals surface area (Å²) in [5.74, 6) is -0.240. The monoisotopic (exact) mass is 300 g/mol. The standard InChI is InChI=1S/C12H17BrN2O2/c1-7-5-8(13)10(9(14)6-7)15-11(16)12(2,3)17-4/h5-6H,14H2,1-4H3,(H,15,16). The average Bonchev–Trinajstić information content (AvgIpc) is 2.22. The molecule has 0 aliphatic heterocycles. The number of ether oxygens (including phenoxy) is 1. The van der Waals surface area contributed by atoms with Crippen LogP contribution in [-0.4, -0.2) is 18.6 Å². The summed E-state index contributed by atoms with van der Waals surface area (Å²) in [6, 6.07) is 3.70. The first kappa shape index (κ1) is 14.0. The first-order valence-electron chi connectivity index (χ1n) is 5.20. The molecule has 0 aliphatic rings. The zero-order valence-corrected chi connectivity index (χ0v) is 12.0. The molecule has 1 rings (SSSR count). The molecule has 0 fully saturated rings. The maximum absolute atomic E-state index is 11.9. The lowest BCUT2D eigenvalue weighted by molar-refractivity contribution is -0.133. The van der Waals surface area contributed by atoms with Crippen LogP contribution < -0.4 is 11.1 Å². The van der Waals surface area contributed by atoms with Gasteiger partial charge in [0.15, 0.2) is 0 Å². The molecule has 0 aliphatic carbocycles. The van der Waals surface area contributed by atoms with Gasteiger partial charge in [-0.05, 0) is 54.4 Å². The number of nitrogens with one attached hydrogen (secondary N) is 1. The van der Waals surface area contributed by atoms with Crippen molar-refractivity contribution in [1.82, 2.24) is 0 Å². The van der Waals surface area contributed by atoms with Gasteiger partial charge in [-0.25, -0.2) is 0 Å². The second-order valence-corrected chi connectivity index (χ2v) is 5.23. The Morgan fingerprint density at radius 1 is 1.47 bits per heavy atom. The number of amides is 1. The number of benzene rings is 1. The fraction of sp³-hybridized carbons (Fsp3) is 0.417. The molecule has 1 aromatic rings. The van der Waals surface area contributed by atoms with Crippen LogP contribution in [-0.2, 0) is 9.53 Å². The van der Waals surface area contributed by atoms with Crippen LogP contribution in [0.1, 0.15) is 19.4 Å². The number of nitrogens with two attached hydrogens (primary N) is 1. The molecule has 0 spiro atoms. The first-order valence-corrected chi connectivity index (χ1v) is 5.99. The van der Waals surface area contributed by atoms with Crippen molar-refractivity contribution in [2.45, 2.75) is 26.4 Å². The Kier molecular flexibility index (Phi) is 4.16. The molecule has 0 saturated carbocycles. The van der Waals surface area contributed by atoms with Gasteiger partial charge in [0.05, 0.1) is 11.4 Å². The molecule has 5 heteroatoms. The fourth-order valence-electron chi connectivity index (χ4n) is 1.26. The van der Waals surface area contributed by atoms with E-state index in [1.54, 1.807) is 19.9 Å². The topological polar surface area (TPSA) is 64.3 Å². The number of rotatable bonds is 3. The molecular weight excluding hydrogens is 284 g/mol. The zero-order chi connectivity index (χ0) is 13.2. The number of carbonyl (C=O) groups excluding carboxylic acids is 1. The Hall–Kier alpha value is -1.07. The average molecular weight is 301 g/mol. The lowest BCUT2D eigenvalue weighted by Gasteiger charge is -2.22. The lowest BCUT2D eigenvalue weighted by Crippen LogP contribution is -2.39. The van der Waals surface area contributed by atoms with Gasteiger partial charge in [0.2, 0.25) is 0 Å². The van der Waals surface area contributed by atoms with E-state index in [1.165, 1.54) is 7.11 Å². The van der Waals surface area contributed by atoms with Gasteiger partial charge in [0.1, 0.15) is 5.60 Å². The Bertz CT molecular complexity index is 421. The molecule has 17 heavy (non-hydrogen) atoms. The van der Waals surface area contributed by atoms with Crippen LogP contribution >= 0.6 is 15.9 Å². The van der Waals surface area contributed by atoms with Gasteiger partial charge in [-0.2, -0.15) is 0 Å². The second-order valence-electron chi connectivity index (χ2n) is 4.38. The Morgan fingerprint density at radius 2 is 2.06 bits per heavy atom. The van der Waals surface area contributed by atoms with E-state index in [0.29, 0.717) is 11.4 Å². The van der Waals surface area contributed by atoms with Gasteiger partial charge < -0.3 is 15.8 Å². The molecule has 1 amide bonds. The molecular formula is C12H17BrN2O2. The van der Waals surface area contributed by atoms with E-state index in [4.69, 9.17) is 10.5 Å². The largest absolute Gasteiger partial charge is 0.397 e. The van der Waals surface area contributed by atoms with Crippen molar-refractivity contribution in [1.29, 1.82) is 0 Å². The van der Waals surface area contributed by atoms with E-state index < -0.39 is 5.60 Å². The molecule has 0 radical (unpaired) electrons. The molecule has 0 heterocycles. The number of hydrogen-bond acceptors (Lipinski definition) is 3. The summed E-state index contributed by atoms with van der Waals surface area (Å²) in [4.78, 5) is 11.9. The van der Waals surface area contributed by atoms with E-state index in [9.17, 15) is 4.79 Å². The number of halogens is 1. The van der Waals surface area contributed by atoms with Crippen LogP contribution in [0.15, 0.2) is 16.6 Å². The number of methoxy groups -OCH3 is 1. The summed E-state index contributed by atoms with van der Waals surface area (Å²) >= 11 is 3.38. The molecule has 0 aromatic heterocycles. The van der Waals surface area contributed by atoms with Gasteiger partial charge in [-0.3, -0.25) is 4.79 Å². The molecule has 0 bridgehead atoms. The summed E-state index contributed by atoms with van der Waals surface area (Å²) in [6.07, 6.45) is 0. The van der Waals surface area contributed by atoms with Crippen LogP contribution in [0.4, 0.5) is 11.4 Å². The van der Waals surface area contributed by atoms with E-state index in [0.717, 1.165) is 10.0 Å². The third kappa shape index (κ3) is 3.20. The van der Waals surface area contributed by atoms with Gasteiger partial charge in [0, 0.05) is 11.6 Å². The minimum Gasteiger partial charge on any atom is -0.397 e. The zero-order valence-electron chi connectivity index (χ0n) is 10.4. The van der Waals surface area contributed by atoms with Crippen molar-refractivity contribution in [2.24, 2.45) is 0 Å². The van der Waals surface area contributed by atoms with E-state index in [-0.39, 0.29) is 5.91 Å². The summed E-state index contributed by atoms with van der Waals surface area (Å²) in [5.41, 5.74) is 7.10. The normalized spacial score (nSPS) is 11.4. The number of nitrogen functional groups attached to an aromatic ring is 1. The SMILES string of the molecule is COC(C)(C)C(=O)Nc1c(N)cc(C)cc1Br. The smallest absolute Gasteiger partial charge is 0.256 e. The number of carbonyl (C=O) groups is 1. The minimum atomic E-state index is -0.892. The van der Waals surface area contributed by atoms with E-state index >= 15 is 0 Å². The highest BCUT2D eigenvalue weighted by Gasteiger charge is 2.27. The van der Waals surface area contributed by atoms with Crippen molar-refractivity contribution in [3.63, 3.8) is 0 Å². The molecule has 4 nitrogen and oxygen atoms in total. The molecule has 3 N–H and O–H groups in total. The van der Waals surface area contributed by atoms with Crippen molar-refractivity contribution in [2.75, 3.05) is 18.2 Å². The highest BCUT2D eigenvalue weighted by atomic mass is 79.9. The molecule has 1 aromatic carbocycles. The third-order valence-electron chi connectivity index (χ3n) is 2.56. The van der Waals surface area contributed by atoms with Crippen LogP contribution in [0.2, 0.25) is 0 Å². The second kappa shape index (κ2) is 5.06. The molecule has 0 atom stereocenters. The number of hydrogen-bond donors (Lipinski definition) is 2. The van der Waals surface area contributed by atoms with Gasteiger partial charge in [0.25, 0.3) is 5.91 Å². The third-order valence-corrected chi connectivity index (χ3v) is 3.19. The van der Waals surface area contributed by atoms with Crippen molar-refractivity contribution < 1.29 is 9.53 Å². The number of aryl methyl sites for hydroxylation is 1. The van der Waals surface area contributed by atoms with Gasteiger partial charge in [-0.1, -0.05) is 0 Å². The maximum Gasteiger partial charge on any atom is 0.256 e. The number of anilines is 2. The predicted molar refractivity (Wildman–Crippen MR) is 73.0 cm³/mol. The Balaban J connectivity index is 3.01.